The number of rotatable bonds is 3. The van der Waals surface area contributed by atoms with Crippen LogP contribution >= 0.6 is 11.3 Å². The molecule has 5 heteroatoms. The van der Waals surface area contributed by atoms with E-state index in [9.17, 15) is 0 Å². The molecule has 0 radical (unpaired) electrons. The topological polar surface area (TPSA) is 64.0 Å². The number of hydrogen-bond donors (Lipinski definition) is 0. The van der Waals surface area contributed by atoms with E-state index in [4.69, 9.17) is 14.9 Å². The highest BCUT2D eigenvalue weighted by Crippen LogP contribution is 2.55. The fourth-order valence-electron chi connectivity index (χ4n) is 5.20. The average Bonchev–Trinajstić information content (AvgIpc) is 3.57. The van der Waals surface area contributed by atoms with Gasteiger partial charge in [0.1, 0.15) is 23.3 Å². The lowest BCUT2D eigenvalue weighted by atomic mass is 9.90. The van der Waals surface area contributed by atoms with Gasteiger partial charge in [-0.05, 0) is 59.0 Å². The fraction of sp³-hybridized carbons (Fsp3) is 0. The van der Waals surface area contributed by atoms with Gasteiger partial charge >= 0.3 is 0 Å². The summed E-state index contributed by atoms with van der Waals surface area (Å²) in [5.41, 5.74) is 6.43. The Kier molecular flexibility index (Phi) is 4.72. The molecule has 0 saturated carbocycles. The summed E-state index contributed by atoms with van der Waals surface area (Å²) in [6.07, 6.45) is 1.64. The first-order valence-electron chi connectivity index (χ1n) is 11.8. The number of fused-ring (bicyclic) bond motifs is 4. The van der Waals surface area contributed by atoms with Crippen LogP contribution in [0.25, 0.3) is 49.4 Å². The minimum Gasteiger partial charge on any atom is -0.439 e. The van der Waals surface area contributed by atoms with E-state index in [0.29, 0.717) is 0 Å². The predicted octanol–water partition coefficient (Wildman–Crippen LogP) is 9.20. The maximum Gasteiger partial charge on any atom is 0.213 e. The molecule has 0 saturated heterocycles. The molecular formula is C32H17N3OS. The largest absolute Gasteiger partial charge is 0.439 e. The number of anilines is 3. The van der Waals surface area contributed by atoms with Crippen LogP contribution < -0.4 is 4.90 Å². The maximum absolute atomic E-state index is 9.16. The molecule has 2 aromatic heterocycles. The minimum atomic E-state index is 0.100. The highest BCUT2D eigenvalue weighted by atomic mass is 32.1. The first-order chi connectivity index (χ1) is 18.3. The molecule has 0 fully saturated rings. The molecule has 7 rings (SSSR count). The third-order valence-corrected chi connectivity index (χ3v) is 7.81. The molecule has 1 aliphatic heterocycles. The second kappa shape index (κ2) is 8.24. The Morgan fingerprint density at radius 2 is 1.54 bits per heavy atom. The van der Waals surface area contributed by atoms with Crippen molar-refractivity contribution in [3.05, 3.63) is 108 Å². The zero-order chi connectivity index (χ0) is 24.9. The van der Waals surface area contributed by atoms with Crippen molar-refractivity contribution in [3.63, 3.8) is 0 Å². The quantitative estimate of drug-likeness (QED) is 0.231. The number of nitrogens with zero attached hydrogens (tertiary/aromatic N) is 3. The number of allylic oxidation sites excluding steroid dienone is 1. The van der Waals surface area contributed by atoms with Gasteiger partial charge in [-0.25, -0.2) is 0 Å². The highest BCUT2D eigenvalue weighted by molar-refractivity contribution is 7.16. The molecule has 172 valence electrons. The van der Waals surface area contributed by atoms with Gasteiger partial charge in [0.15, 0.2) is 0 Å². The van der Waals surface area contributed by atoms with Crippen LogP contribution in [0.4, 0.5) is 17.3 Å². The second-order valence-electron chi connectivity index (χ2n) is 8.79. The summed E-state index contributed by atoms with van der Waals surface area (Å²) in [6.45, 7) is 0. The van der Waals surface area contributed by atoms with Crippen LogP contribution in [-0.2, 0) is 0 Å². The monoisotopic (exact) mass is 491 g/mol. The van der Waals surface area contributed by atoms with E-state index in [1.165, 1.54) is 5.39 Å². The van der Waals surface area contributed by atoms with Gasteiger partial charge in [0.25, 0.3) is 0 Å². The lowest BCUT2D eigenvalue weighted by Gasteiger charge is -2.30. The van der Waals surface area contributed by atoms with E-state index in [2.05, 4.69) is 65.6 Å². The van der Waals surface area contributed by atoms with Crippen molar-refractivity contribution < 1.29 is 4.42 Å². The zero-order valence-electron chi connectivity index (χ0n) is 19.5. The Labute approximate surface area is 217 Å². The van der Waals surface area contributed by atoms with Crippen molar-refractivity contribution in [2.75, 3.05) is 4.90 Å². The summed E-state index contributed by atoms with van der Waals surface area (Å²) in [5.74, 6) is 0.823. The summed E-state index contributed by atoms with van der Waals surface area (Å²) < 4.78 is 6.49. The van der Waals surface area contributed by atoms with Gasteiger partial charge in [-0.1, -0.05) is 60.7 Å². The summed E-state index contributed by atoms with van der Waals surface area (Å²) in [4.78, 5) is 4.17. The summed E-state index contributed by atoms with van der Waals surface area (Å²) >= 11 is 1.57. The summed E-state index contributed by atoms with van der Waals surface area (Å²) in [5, 5.41) is 21.7. The normalized spacial score (nSPS) is 11.7. The van der Waals surface area contributed by atoms with Crippen molar-refractivity contribution in [2.45, 2.75) is 0 Å². The van der Waals surface area contributed by atoms with E-state index in [1.807, 2.05) is 48.5 Å². The van der Waals surface area contributed by atoms with Crippen molar-refractivity contribution in [1.29, 1.82) is 10.5 Å². The molecule has 6 aromatic rings. The maximum atomic E-state index is 9.16. The van der Waals surface area contributed by atoms with Gasteiger partial charge in [0.2, 0.25) is 5.88 Å². The molecule has 4 nitrogen and oxygen atoms in total. The minimum absolute atomic E-state index is 0.100. The fourth-order valence-corrected chi connectivity index (χ4v) is 6.19. The van der Waals surface area contributed by atoms with Gasteiger partial charge < -0.3 is 4.42 Å². The summed E-state index contributed by atoms with van der Waals surface area (Å²) in [7, 11) is 0. The van der Waals surface area contributed by atoms with Crippen LogP contribution in [-0.4, -0.2) is 0 Å². The van der Waals surface area contributed by atoms with Gasteiger partial charge in [0.05, 0.1) is 11.3 Å². The van der Waals surface area contributed by atoms with E-state index in [-0.39, 0.29) is 5.57 Å². The number of thiophene rings is 1. The van der Waals surface area contributed by atoms with Crippen LogP contribution in [0.3, 0.4) is 0 Å². The van der Waals surface area contributed by atoms with Crippen molar-refractivity contribution in [2.24, 2.45) is 0 Å². The number of para-hydroxylation sites is 2. The molecule has 0 amide bonds. The molecule has 1 aliphatic rings. The average molecular weight is 492 g/mol. The molecule has 0 unspecified atom stereocenters. The lowest BCUT2D eigenvalue weighted by Crippen LogP contribution is -2.13. The van der Waals surface area contributed by atoms with Crippen molar-refractivity contribution >= 4 is 56.4 Å². The third-order valence-electron chi connectivity index (χ3n) is 6.74. The Balaban J connectivity index is 1.52. The van der Waals surface area contributed by atoms with Crippen LogP contribution in [0.15, 0.2) is 107 Å². The Morgan fingerprint density at radius 1 is 0.757 bits per heavy atom. The molecule has 3 heterocycles. The van der Waals surface area contributed by atoms with Crippen molar-refractivity contribution in [3.8, 4) is 33.7 Å². The zero-order valence-corrected chi connectivity index (χ0v) is 20.3. The highest BCUT2D eigenvalue weighted by Gasteiger charge is 2.31. The van der Waals surface area contributed by atoms with E-state index in [0.717, 1.165) is 60.1 Å². The predicted molar refractivity (Wildman–Crippen MR) is 150 cm³/mol. The van der Waals surface area contributed by atoms with E-state index in [1.54, 1.807) is 17.4 Å². The van der Waals surface area contributed by atoms with Gasteiger partial charge in [-0.2, -0.15) is 10.5 Å². The Bertz CT molecular complexity index is 1950. The second-order valence-corrected chi connectivity index (χ2v) is 9.91. The third kappa shape index (κ3) is 3.19. The molecule has 37 heavy (non-hydrogen) atoms. The number of nitriles is 2. The molecule has 0 atom stereocenters. The smallest absolute Gasteiger partial charge is 0.213 e. The van der Waals surface area contributed by atoms with Gasteiger partial charge in [-0.3, -0.25) is 4.90 Å². The number of hydrogen-bond acceptors (Lipinski definition) is 5. The number of furan rings is 1. The first kappa shape index (κ1) is 21.2. The standard InChI is InChI=1S/C32H17N3OS/c33-18-20(19-34)17-22-13-16-29(37-22)23-14-15-27-30-24(23)10-6-11-26(30)31-25-9-4-5-12-28(25)36-32(31)35(27)21-7-2-1-3-8-21/h1-17H. The lowest BCUT2D eigenvalue weighted by molar-refractivity contribution is 0.621. The molecule has 0 aliphatic carbocycles. The molecular weight excluding hydrogens is 474 g/mol. The molecule has 0 spiro atoms. The Morgan fingerprint density at radius 3 is 2.38 bits per heavy atom. The molecule has 0 bridgehead atoms. The first-order valence-corrected chi connectivity index (χ1v) is 12.6. The van der Waals surface area contributed by atoms with Gasteiger partial charge in [-0.15, -0.1) is 11.3 Å². The van der Waals surface area contributed by atoms with Gasteiger partial charge in [0, 0.05) is 26.2 Å². The Hall–Kier alpha value is -5.10. The molecule has 4 aromatic carbocycles. The number of benzene rings is 4. The molecule has 0 N–H and O–H groups in total. The SMILES string of the molecule is N#CC(C#N)=Cc1ccc(-c2ccc3c4c(cccc24)-c2c(oc4ccccc24)N3c2ccccc2)s1. The van der Waals surface area contributed by atoms with Crippen LogP contribution in [0.5, 0.6) is 0 Å². The van der Waals surface area contributed by atoms with E-state index < -0.39 is 0 Å². The van der Waals surface area contributed by atoms with E-state index >= 15 is 0 Å². The van der Waals surface area contributed by atoms with Crippen molar-refractivity contribution in [1.82, 2.24) is 0 Å². The van der Waals surface area contributed by atoms with Crippen LogP contribution in [0, 0.1) is 22.7 Å². The van der Waals surface area contributed by atoms with Crippen LogP contribution in [0.2, 0.25) is 0 Å². The van der Waals surface area contributed by atoms with Crippen LogP contribution in [0.1, 0.15) is 4.88 Å². The summed E-state index contributed by atoms with van der Waals surface area (Å²) in [6, 6.07) is 37.2.